The smallest absolute Gasteiger partial charge is 0.339 e. The summed E-state index contributed by atoms with van der Waals surface area (Å²) < 4.78 is 30.6. The number of nitro benzene ring substituents is 1. The molecule has 0 aliphatic heterocycles. The number of hydrogen-bond donors (Lipinski definition) is 0. The summed E-state index contributed by atoms with van der Waals surface area (Å²) >= 11 is 0. The molecule has 0 N–H and O–H groups in total. The minimum absolute atomic E-state index is 0.155. The van der Waals surface area contributed by atoms with Crippen LogP contribution in [0.3, 0.4) is 0 Å². The SMILES string of the molecule is Cc1ccc(S(=O)(=O)Oc2ccccc2-c2ccccc2)cc1[N+](=O)[O-]. The Morgan fingerprint density at radius 3 is 2.27 bits per heavy atom. The Bertz CT molecular complexity index is 1060. The summed E-state index contributed by atoms with van der Waals surface area (Å²) in [6.45, 7) is 1.54. The monoisotopic (exact) mass is 369 g/mol. The van der Waals surface area contributed by atoms with E-state index in [4.69, 9.17) is 4.18 Å². The predicted octanol–water partition coefficient (Wildman–Crippen LogP) is 4.34. The van der Waals surface area contributed by atoms with Crippen LogP contribution in [0.5, 0.6) is 5.75 Å². The molecule has 3 rings (SSSR count). The topological polar surface area (TPSA) is 86.5 Å². The Balaban J connectivity index is 2.02. The van der Waals surface area contributed by atoms with Crippen molar-refractivity contribution in [2.24, 2.45) is 0 Å². The average Bonchev–Trinajstić information content (AvgIpc) is 2.62. The van der Waals surface area contributed by atoms with Gasteiger partial charge in [0.1, 0.15) is 4.90 Å². The van der Waals surface area contributed by atoms with Crippen molar-refractivity contribution in [3.63, 3.8) is 0 Å². The van der Waals surface area contributed by atoms with Gasteiger partial charge in [-0.15, -0.1) is 0 Å². The summed E-state index contributed by atoms with van der Waals surface area (Å²) in [6, 6.07) is 19.6. The lowest BCUT2D eigenvalue weighted by Crippen LogP contribution is -2.11. The summed E-state index contributed by atoms with van der Waals surface area (Å²) in [7, 11) is -4.22. The molecule has 3 aromatic rings. The van der Waals surface area contributed by atoms with E-state index in [1.54, 1.807) is 31.2 Å². The Morgan fingerprint density at radius 1 is 0.923 bits per heavy atom. The fourth-order valence-corrected chi connectivity index (χ4v) is 3.47. The van der Waals surface area contributed by atoms with E-state index < -0.39 is 15.0 Å². The van der Waals surface area contributed by atoms with E-state index in [0.29, 0.717) is 11.1 Å². The third-order valence-electron chi connectivity index (χ3n) is 3.84. The summed E-state index contributed by atoms with van der Waals surface area (Å²) in [5.74, 6) is 0.155. The van der Waals surface area contributed by atoms with E-state index >= 15 is 0 Å². The first-order valence-corrected chi connectivity index (χ1v) is 9.13. The maximum Gasteiger partial charge on any atom is 0.339 e. The maximum atomic E-state index is 12.6. The van der Waals surface area contributed by atoms with E-state index in [1.807, 2.05) is 30.3 Å². The third-order valence-corrected chi connectivity index (χ3v) is 5.07. The van der Waals surface area contributed by atoms with Gasteiger partial charge in [-0.25, -0.2) is 0 Å². The zero-order valence-electron chi connectivity index (χ0n) is 13.8. The summed E-state index contributed by atoms with van der Waals surface area (Å²) in [5.41, 5.74) is 1.51. The van der Waals surface area contributed by atoms with Crippen molar-refractivity contribution in [1.29, 1.82) is 0 Å². The number of benzene rings is 3. The van der Waals surface area contributed by atoms with E-state index in [-0.39, 0.29) is 16.3 Å². The van der Waals surface area contributed by atoms with E-state index in [0.717, 1.165) is 11.6 Å². The van der Waals surface area contributed by atoms with Crippen molar-refractivity contribution < 1.29 is 17.5 Å². The van der Waals surface area contributed by atoms with Gasteiger partial charge in [0.2, 0.25) is 0 Å². The highest BCUT2D eigenvalue weighted by Gasteiger charge is 2.23. The highest BCUT2D eigenvalue weighted by Crippen LogP contribution is 2.32. The van der Waals surface area contributed by atoms with Crippen LogP contribution in [-0.2, 0) is 10.1 Å². The lowest BCUT2D eigenvalue weighted by Gasteiger charge is -2.12. The molecular formula is C19H15NO5S. The fraction of sp³-hybridized carbons (Fsp3) is 0.0526. The zero-order chi connectivity index (χ0) is 18.7. The lowest BCUT2D eigenvalue weighted by molar-refractivity contribution is -0.385. The molecule has 7 heteroatoms. The molecule has 26 heavy (non-hydrogen) atoms. The van der Waals surface area contributed by atoms with Crippen molar-refractivity contribution in [1.82, 2.24) is 0 Å². The van der Waals surface area contributed by atoms with Gasteiger partial charge in [-0.1, -0.05) is 54.6 Å². The van der Waals surface area contributed by atoms with Gasteiger partial charge >= 0.3 is 10.1 Å². The van der Waals surface area contributed by atoms with Crippen molar-refractivity contribution >= 4 is 15.8 Å². The molecule has 0 bridgehead atoms. The first-order valence-electron chi connectivity index (χ1n) is 7.72. The zero-order valence-corrected chi connectivity index (χ0v) is 14.6. The molecule has 0 spiro atoms. The number of nitrogens with zero attached hydrogens (tertiary/aromatic N) is 1. The quantitative estimate of drug-likeness (QED) is 0.379. The van der Waals surface area contributed by atoms with Gasteiger partial charge in [0.15, 0.2) is 5.75 Å². The van der Waals surface area contributed by atoms with Crippen molar-refractivity contribution in [2.75, 3.05) is 0 Å². The molecule has 0 saturated heterocycles. The summed E-state index contributed by atoms with van der Waals surface area (Å²) in [5, 5.41) is 11.1. The van der Waals surface area contributed by atoms with Crippen LogP contribution in [-0.4, -0.2) is 13.3 Å². The van der Waals surface area contributed by atoms with Gasteiger partial charge in [-0.3, -0.25) is 10.1 Å². The van der Waals surface area contributed by atoms with Crippen molar-refractivity contribution in [2.45, 2.75) is 11.8 Å². The minimum atomic E-state index is -4.22. The molecule has 132 valence electrons. The third kappa shape index (κ3) is 3.57. The Hall–Kier alpha value is -3.19. The second kappa shape index (κ2) is 6.97. The number of para-hydroxylation sites is 1. The molecule has 0 heterocycles. The van der Waals surface area contributed by atoms with Gasteiger partial charge in [0.05, 0.1) is 4.92 Å². The molecular weight excluding hydrogens is 354 g/mol. The second-order valence-electron chi connectivity index (χ2n) is 5.61. The molecule has 0 aromatic heterocycles. The largest absolute Gasteiger partial charge is 0.378 e. The fourth-order valence-electron chi connectivity index (χ4n) is 2.50. The molecule has 3 aromatic carbocycles. The molecule has 0 atom stereocenters. The van der Waals surface area contributed by atoms with E-state index in [1.165, 1.54) is 12.1 Å². The lowest BCUT2D eigenvalue weighted by atomic mass is 10.1. The van der Waals surface area contributed by atoms with Crippen LogP contribution in [0, 0.1) is 17.0 Å². The van der Waals surface area contributed by atoms with Crippen molar-refractivity contribution in [3.05, 3.63) is 88.5 Å². The standard InChI is InChI=1S/C19H15NO5S/c1-14-11-12-16(13-18(14)20(21)22)26(23,24)25-19-10-6-5-9-17(19)15-7-3-2-4-8-15/h2-13H,1H3. The van der Waals surface area contributed by atoms with Crippen molar-refractivity contribution in [3.8, 4) is 16.9 Å². The molecule has 0 amide bonds. The van der Waals surface area contributed by atoms with Gasteiger partial charge < -0.3 is 4.18 Å². The number of nitro groups is 1. The highest BCUT2D eigenvalue weighted by atomic mass is 32.2. The number of hydrogen-bond acceptors (Lipinski definition) is 5. The number of rotatable bonds is 5. The maximum absolute atomic E-state index is 12.6. The highest BCUT2D eigenvalue weighted by molar-refractivity contribution is 7.87. The van der Waals surface area contributed by atoms with E-state index in [9.17, 15) is 18.5 Å². The van der Waals surface area contributed by atoms with Gasteiger partial charge in [-0.05, 0) is 24.6 Å². The second-order valence-corrected chi connectivity index (χ2v) is 7.15. The van der Waals surface area contributed by atoms with Gasteiger partial charge in [0.25, 0.3) is 5.69 Å². The van der Waals surface area contributed by atoms with Crippen LogP contribution in [0.25, 0.3) is 11.1 Å². The normalized spacial score (nSPS) is 11.1. The Kier molecular flexibility index (Phi) is 4.73. The van der Waals surface area contributed by atoms with Gasteiger partial charge in [-0.2, -0.15) is 8.42 Å². The molecule has 0 unspecified atom stereocenters. The van der Waals surface area contributed by atoms with Crippen LogP contribution in [0.4, 0.5) is 5.69 Å². The van der Waals surface area contributed by atoms with Crippen LogP contribution in [0.15, 0.2) is 77.7 Å². The Morgan fingerprint density at radius 2 is 1.58 bits per heavy atom. The molecule has 0 fully saturated rings. The molecule has 0 saturated carbocycles. The number of aryl methyl sites for hydroxylation is 1. The summed E-state index contributed by atoms with van der Waals surface area (Å²) in [6.07, 6.45) is 0. The average molecular weight is 369 g/mol. The molecule has 0 aliphatic rings. The molecule has 0 radical (unpaired) electrons. The Labute approximate surface area is 151 Å². The first-order chi connectivity index (χ1) is 12.4. The van der Waals surface area contributed by atoms with Crippen LogP contribution >= 0.6 is 0 Å². The van der Waals surface area contributed by atoms with Crippen LogP contribution in [0.1, 0.15) is 5.56 Å². The summed E-state index contributed by atoms with van der Waals surface area (Å²) in [4.78, 5) is 10.2. The molecule has 6 nitrogen and oxygen atoms in total. The molecule has 0 aliphatic carbocycles. The van der Waals surface area contributed by atoms with Gasteiger partial charge in [0, 0.05) is 17.2 Å². The van der Waals surface area contributed by atoms with E-state index in [2.05, 4.69) is 0 Å². The van der Waals surface area contributed by atoms with Crippen LogP contribution in [0.2, 0.25) is 0 Å². The minimum Gasteiger partial charge on any atom is -0.378 e. The predicted molar refractivity (Wildman–Crippen MR) is 97.5 cm³/mol. The first kappa shape index (κ1) is 17.6. The van der Waals surface area contributed by atoms with Crippen LogP contribution < -0.4 is 4.18 Å².